The molecule has 1 aromatic carbocycles. The highest BCUT2D eigenvalue weighted by Crippen LogP contribution is 2.07. The molecule has 0 aliphatic carbocycles. The Bertz CT molecular complexity index is 640. The monoisotopic (exact) mass is 362 g/mol. The number of amides is 2. The van der Waals surface area contributed by atoms with Crippen molar-refractivity contribution in [2.24, 2.45) is 5.92 Å². The molecule has 2 unspecified atom stereocenters. The fourth-order valence-corrected chi connectivity index (χ4v) is 2.17. The van der Waals surface area contributed by atoms with Gasteiger partial charge in [-0.15, -0.1) is 6.58 Å². The zero-order valence-corrected chi connectivity index (χ0v) is 15.3. The summed E-state index contributed by atoms with van der Waals surface area (Å²) in [5.74, 6) is -2.41. The maximum atomic E-state index is 12.5. The number of carboxylic acid groups (broad SMARTS) is 1. The highest BCUT2D eigenvalue weighted by atomic mass is 16.5. The van der Waals surface area contributed by atoms with Crippen LogP contribution in [0.2, 0.25) is 0 Å². The summed E-state index contributed by atoms with van der Waals surface area (Å²) in [6.45, 7) is 8.91. The first-order chi connectivity index (χ1) is 12.3. The third-order valence-electron chi connectivity index (χ3n) is 3.68. The van der Waals surface area contributed by atoms with E-state index >= 15 is 0 Å². The lowest BCUT2D eigenvalue weighted by atomic mass is 10.0. The first-order valence-electron chi connectivity index (χ1n) is 8.35. The molecule has 142 valence electrons. The van der Waals surface area contributed by atoms with Gasteiger partial charge in [0.2, 0.25) is 5.91 Å². The van der Waals surface area contributed by atoms with E-state index in [-0.39, 0.29) is 19.1 Å². The summed E-state index contributed by atoms with van der Waals surface area (Å²) in [7, 11) is 0. The molecule has 26 heavy (non-hydrogen) atoms. The molecule has 1 rings (SSSR count). The summed E-state index contributed by atoms with van der Waals surface area (Å²) in [5.41, 5.74) is 1.45. The molecular weight excluding hydrogens is 336 g/mol. The second kappa shape index (κ2) is 10.4. The van der Waals surface area contributed by atoms with Crippen LogP contribution in [0.15, 0.2) is 36.9 Å². The summed E-state index contributed by atoms with van der Waals surface area (Å²) < 4.78 is 5.11. The number of aryl methyl sites for hydroxylation is 1. The van der Waals surface area contributed by atoms with Gasteiger partial charge in [-0.3, -0.25) is 9.59 Å². The van der Waals surface area contributed by atoms with Gasteiger partial charge < -0.3 is 20.5 Å². The minimum Gasteiger partial charge on any atom is -0.480 e. The number of benzene rings is 1. The highest BCUT2D eigenvalue weighted by Gasteiger charge is 2.29. The second-order valence-electron chi connectivity index (χ2n) is 6.29. The first kappa shape index (κ1) is 21.4. The zero-order chi connectivity index (χ0) is 19.7. The fourth-order valence-electron chi connectivity index (χ4n) is 2.17. The lowest BCUT2D eigenvalue weighted by Gasteiger charge is -2.24. The van der Waals surface area contributed by atoms with Crippen LogP contribution in [0.4, 0.5) is 0 Å². The Balaban J connectivity index is 2.78. The van der Waals surface area contributed by atoms with Crippen LogP contribution in [0.25, 0.3) is 0 Å². The standard InChI is InChI=1S/C19H26N2O5/c1-5-10-26-11-15(19(24)25)20-18(23)16(12(2)3)21-17(22)14-8-6-13(4)7-9-14/h5-9,12,15-16H,1,10-11H2,2-4H3,(H,20,23)(H,21,22)(H,24,25). The average Bonchev–Trinajstić information content (AvgIpc) is 2.58. The van der Waals surface area contributed by atoms with Crippen LogP contribution in [0, 0.1) is 12.8 Å². The van der Waals surface area contributed by atoms with Crippen molar-refractivity contribution in [2.75, 3.05) is 13.2 Å². The summed E-state index contributed by atoms with van der Waals surface area (Å²) in [5, 5.41) is 14.3. The Morgan fingerprint density at radius 3 is 2.31 bits per heavy atom. The third-order valence-corrected chi connectivity index (χ3v) is 3.68. The summed E-state index contributed by atoms with van der Waals surface area (Å²) in [6, 6.07) is 4.87. The van der Waals surface area contributed by atoms with E-state index in [1.165, 1.54) is 6.08 Å². The van der Waals surface area contributed by atoms with Gasteiger partial charge in [-0.1, -0.05) is 37.6 Å². The summed E-state index contributed by atoms with van der Waals surface area (Å²) in [4.78, 5) is 36.1. The molecule has 0 aliphatic rings. The van der Waals surface area contributed by atoms with Gasteiger partial charge in [0.25, 0.3) is 5.91 Å². The predicted molar refractivity (Wildman–Crippen MR) is 97.9 cm³/mol. The quantitative estimate of drug-likeness (QED) is 0.432. The minimum absolute atomic E-state index is 0.178. The molecule has 7 nitrogen and oxygen atoms in total. The molecule has 1 aromatic rings. The van der Waals surface area contributed by atoms with E-state index in [9.17, 15) is 19.5 Å². The van der Waals surface area contributed by atoms with Crippen molar-refractivity contribution in [3.8, 4) is 0 Å². The van der Waals surface area contributed by atoms with E-state index in [0.29, 0.717) is 5.56 Å². The van der Waals surface area contributed by atoms with Crippen molar-refractivity contribution in [1.82, 2.24) is 10.6 Å². The predicted octanol–water partition coefficient (Wildman–Crippen LogP) is 1.52. The van der Waals surface area contributed by atoms with Gasteiger partial charge in [0.1, 0.15) is 6.04 Å². The van der Waals surface area contributed by atoms with Gasteiger partial charge in [0.05, 0.1) is 13.2 Å². The number of carbonyl (C=O) groups excluding carboxylic acids is 2. The normalized spacial score (nSPS) is 12.9. The van der Waals surface area contributed by atoms with E-state index in [2.05, 4.69) is 17.2 Å². The van der Waals surface area contributed by atoms with Crippen molar-refractivity contribution in [1.29, 1.82) is 0 Å². The van der Waals surface area contributed by atoms with E-state index in [4.69, 9.17) is 4.74 Å². The number of hydrogen-bond donors (Lipinski definition) is 3. The lowest BCUT2D eigenvalue weighted by Crippen LogP contribution is -2.54. The molecule has 2 atom stereocenters. The van der Waals surface area contributed by atoms with Gasteiger partial charge in [-0.05, 0) is 25.0 Å². The molecular formula is C19H26N2O5. The van der Waals surface area contributed by atoms with Crippen LogP contribution in [0.3, 0.4) is 0 Å². The van der Waals surface area contributed by atoms with Crippen molar-refractivity contribution in [2.45, 2.75) is 32.9 Å². The van der Waals surface area contributed by atoms with Gasteiger partial charge in [-0.2, -0.15) is 0 Å². The van der Waals surface area contributed by atoms with E-state index in [1.54, 1.807) is 38.1 Å². The number of carbonyl (C=O) groups is 3. The van der Waals surface area contributed by atoms with Crippen molar-refractivity contribution >= 4 is 17.8 Å². The first-order valence-corrected chi connectivity index (χ1v) is 8.35. The number of carboxylic acids is 1. The second-order valence-corrected chi connectivity index (χ2v) is 6.29. The SMILES string of the molecule is C=CCOCC(NC(=O)C(NC(=O)c1ccc(C)cc1)C(C)C)C(=O)O. The number of rotatable bonds is 10. The molecule has 7 heteroatoms. The summed E-state index contributed by atoms with van der Waals surface area (Å²) >= 11 is 0. The Hall–Kier alpha value is -2.67. The van der Waals surface area contributed by atoms with Crippen LogP contribution in [0.5, 0.6) is 0 Å². The third kappa shape index (κ3) is 6.68. The van der Waals surface area contributed by atoms with Crippen LogP contribution in [0.1, 0.15) is 29.8 Å². The van der Waals surface area contributed by atoms with Gasteiger partial charge in [0.15, 0.2) is 6.04 Å². The molecule has 0 saturated carbocycles. The van der Waals surface area contributed by atoms with Crippen LogP contribution < -0.4 is 10.6 Å². The van der Waals surface area contributed by atoms with Gasteiger partial charge >= 0.3 is 5.97 Å². The van der Waals surface area contributed by atoms with Crippen LogP contribution in [-0.4, -0.2) is 48.2 Å². The highest BCUT2D eigenvalue weighted by molar-refractivity contribution is 5.98. The smallest absolute Gasteiger partial charge is 0.328 e. The molecule has 3 N–H and O–H groups in total. The molecule has 0 radical (unpaired) electrons. The number of hydrogen-bond acceptors (Lipinski definition) is 4. The summed E-state index contributed by atoms with van der Waals surface area (Å²) in [6.07, 6.45) is 1.49. The molecule has 0 aromatic heterocycles. The van der Waals surface area contributed by atoms with E-state index in [0.717, 1.165) is 5.56 Å². The minimum atomic E-state index is -1.21. The zero-order valence-electron chi connectivity index (χ0n) is 15.3. The molecule has 0 fully saturated rings. The van der Waals surface area contributed by atoms with Crippen molar-refractivity contribution < 1.29 is 24.2 Å². The van der Waals surface area contributed by atoms with Crippen LogP contribution >= 0.6 is 0 Å². The Kier molecular flexibility index (Phi) is 8.51. The molecule has 2 amide bonds. The van der Waals surface area contributed by atoms with Crippen molar-refractivity contribution in [3.63, 3.8) is 0 Å². The largest absolute Gasteiger partial charge is 0.480 e. The average molecular weight is 362 g/mol. The maximum Gasteiger partial charge on any atom is 0.328 e. The molecule has 0 bridgehead atoms. The molecule has 0 heterocycles. The maximum absolute atomic E-state index is 12.5. The van der Waals surface area contributed by atoms with Gasteiger partial charge in [-0.25, -0.2) is 4.79 Å². The van der Waals surface area contributed by atoms with Crippen molar-refractivity contribution in [3.05, 3.63) is 48.0 Å². The molecule has 0 spiro atoms. The Morgan fingerprint density at radius 1 is 1.19 bits per heavy atom. The fraction of sp³-hybridized carbons (Fsp3) is 0.421. The Labute approximate surface area is 153 Å². The van der Waals surface area contributed by atoms with Crippen LogP contribution in [-0.2, 0) is 14.3 Å². The van der Waals surface area contributed by atoms with Gasteiger partial charge in [0, 0.05) is 5.56 Å². The number of aliphatic carboxylic acids is 1. The number of ether oxygens (including phenoxy) is 1. The molecule has 0 saturated heterocycles. The topological polar surface area (TPSA) is 105 Å². The van der Waals surface area contributed by atoms with E-state index in [1.807, 2.05) is 6.92 Å². The van der Waals surface area contributed by atoms with E-state index < -0.39 is 29.9 Å². The lowest BCUT2D eigenvalue weighted by molar-refractivity contribution is -0.144. The molecule has 0 aliphatic heterocycles. The Morgan fingerprint density at radius 2 is 1.81 bits per heavy atom. The number of nitrogens with one attached hydrogen (secondary N) is 2.